The highest BCUT2D eigenvalue weighted by atomic mass is 35.5. The van der Waals surface area contributed by atoms with Crippen LogP contribution in [0.1, 0.15) is 30.2 Å². The van der Waals surface area contributed by atoms with Gasteiger partial charge in [0.25, 0.3) is 0 Å². The van der Waals surface area contributed by atoms with E-state index in [4.69, 9.17) is 21.8 Å². The molecule has 18 heavy (non-hydrogen) atoms. The van der Waals surface area contributed by atoms with Crippen molar-refractivity contribution < 1.29 is 4.42 Å². The second-order valence-electron chi connectivity index (χ2n) is 4.36. The van der Waals surface area contributed by atoms with Gasteiger partial charge in [0.15, 0.2) is 0 Å². The molecule has 5 heteroatoms. The van der Waals surface area contributed by atoms with Crippen molar-refractivity contribution in [1.29, 1.82) is 0 Å². The summed E-state index contributed by atoms with van der Waals surface area (Å²) in [5.41, 5.74) is 8.29. The molecule has 0 saturated heterocycles. The number of nitrogen functional groups attached to an aromatic ring is 1. The Morgan fingerprint density at radius 1 is 1.39 bits per heavy atom. The number of nitrogens with zero attached hydrogens (tertiary/aromatic N) is 1. The van der Waals surface area contributed by atoms with Gasteiger partial charge in [-0.05, 0) is 38.5 Å². The molecule has 0 aliphatic carbocycles. The van der Waals surface area contributed by atoms with Crippen LogP contribution in [0.5, 0.6) is 0 Å². The van der Waals surface area contributed by atoms with Gasteiger partial charge in [0, 0.05) is 5.69 Å². The first-order valence-corrected chi connectivity index (χ1v) is 6.09. The Kier molecular flexibility index (Phi) is 3.48. The molecule has 0 aliphatic rings. The number of aryl methyl sites for hydroxylation is 2. The molecule has 0 spiro atoms. The van der Waals surface area contributed by atoms with Crippen LogP contribution in [-0.4, -0.2) is 4.98 Å². The number of nitrogens with two attached hydrogens (primary N) is 1. The number of halogens is 1. The smallest absolute Gasteiger partial charge is 0.216 e. The van der Waals surface area contributed by atoms with Gasteiger partial charge in [-0.3, -0.25) is 0 Å². The minimum Gasteiger partial charge on any atom is -0.444 e. The molecule has 1 aromatic heterocycles. The van der Waals surface area contributed by atoms with E-state index < -0.39 is 0 Å². The second-order valence-corrected chi connectivity index (χ2v) is 4.77. The van der Waals surface area contributed by atoms with E-state index in [2.05, 4.69) is 10.3 Å². The molecule has 0 radical (unpaired) electrons. The van der Waals surface area contributed by atoms with Crippen LogP contribution >= 0.6 is 11.6 Å². The first-order chi connectivity index (χ1) is 8.47. The van der Waals surface area contributed by atoms with Gasteiger partial charge in [0.05, 0.1) is 16.9 Å². The lowest BCUT2D eigenvalue weighted by atomic mass is 10.1. The number of benzene rings is 1. The molecule has 0 bridgehead atoms. The van der Waals surface area contributed by atoms with E-state index in [-0.39, 0.29) is 6.04 Å². The molecular formula is C13H16ClN3O. The topological polar surface area (TPSA) is 64.1 Å². The maximum Gasteiger partial charge on any atom is 0.216 e. The van der Waals surface area contributed by atoms with E-state index in [1.54, 1.807) is 6.20 Å². The standard InChI is InChI=1S/C13H16ClN3O/c1-7-4-11(15)10(14)5-12(7)17-9(3)13-16-6-8(2)18-13/h4-6,9,17H,15H2,1-3H3. The second kappa shape index (κ2) is 4.90. The van der Waals surface area contributed by atoms with Gasteiger partial charge in [-0.2, -0.15) is 0 Å². The van der Waals surface area contributed by atoms with E-state index in [9.17, 15) is 0 Å². The summed E-state index contributed by atoms with van der Waals surface area (Å²) < 4.78 is 5.48. The molecular weight excluding hydrogens is 250 g/mol. The van der Waals surface area contributed by atoms with Gasteiger partial charge in [0.2, 0.25) is 5.89 Å². The zero-order chi connectivity index (χ0) is 13.3. The molecule has 3 N–H and O–H groups in total. The van der Waals surface area contributed by atoms with Gasteiger partial charge in [0.1, 0.15) is 11.8 Å². The van der Waals surface area contributed by atoms with Gasteiger partial charge in [-0.15, -0.1) is 0 Å². The summed E-state index contributed by atoms with van der Waals surface area (Å²) in [7, 11) is 0. The lowest BCUT2D eigenvalue weighted by molar-refractivity contribution is 0.453. The lowest BCUT2D eigenvalue weighted by Gasteiger charge is -2.15. The Morgan fingerprint density at radius 3 is 2.72 bits per heavy atom. The average molecular weight is 266 g/mol. The monoisotopic (exact) mass is 265 g/mol. The van der Waals surface area contributed by atoms with E-state index in [1.807, 2.05) is 32.9 Å². The molecule has 4 nitrogen and oxygen atoms in total. The summed E-state index contributed by atoms with van der Waals surface area (Å²) in [5, 5.41) is 3.85. The Morgan fingerprint density at radius 2 is 2.11 bits per heavy atom. The molecule has 1 heterocycles. The van der Waals surface area contributed by atoms with E-state index >= 15 is 0 Å². The number of rotatable bonds is 3. The van der Waals surface area contributed by atoms with Crippen molar-refractivity contribution >= 4 is 23.0 Å². The van der Waals surface area contributed by atoms with Crippen LogP contribution in [0, 0.1) is 13.8 Å². The minimum absolute atomic E-state index is 0.0305. The normalized spacial score (nSPS) is 12.4. The van der Waals surface area contributed by atoms with Gasteiger partial charge in [-0.25, -0.2) is 4.98 Å². The minimum atomic E-state index is -0.0305. The third-order valence-corrected chi connectivity index (χ3v) is 3.05. The largest absolute Gasteiger partial charge is 0.444 e. The predicted molar refractivity (Wildman–Crippen MR) is 73.9 cm³/mol. The molecule has 2 aromatic rings. The third-order valence-electron chi connectivity index (χ3n) is 2.73. The van der Waals surface area contributed by atoms with Gasteiger partial charge < -0.3 is 15.5 Å². The van der Waals surface area contributed by atoms with E-state index in [0.29, 0.717) is 16.6 Å². The van der Waals surface area contributed by atoms with Crippen LogP contribution in [0.25, 0.3) is 0 Å². The van der Waals surface area contributed by atoms with E-state index in [1.165, 1.54) is 0 Å². The summed E-state index contributed by atoms with van der Waals surface area (Å²) in [6.07, 6.45) is 1.70. The molecule has 2 rings (SSSR count). The summed E-state index contributed by atoms with van der Waals surface area (Å²) in [6, 6.07) is 3.63. The molecule has 96 valence electrons. The Hall–Kier alpha value is -1.68. The highest BCUT2D eigenvalue weighted by molar-refractivity contribution is 6.33. The Bertz CT molecular complexity index is 565. The molecule has 1 atom stereocenters. The average Bonchev–Trinajstić information content (AvgIpc) is 2.73. The highest BCUT2D eigenvalue weighted by Gasteiger charge is 2.13. The molecule has 0 saturated carbocycles. The zero-order valence-electron chi connectivity index (χ0n) is 10.6. The fourth-order valence-electron chi connectivity index (χ4n) is 1.73. The zero-order valence-corrected chi connectivity index (χ0v) is 11.4. The number of oxazole rings is 1. The number of nitrogens with one attached hydrogen (secondary N) is 1. The fourth-order valence-corrected chi connectivity index (χ4v) is 1.89. The predicted octanol–water partition coefficient (Wildman–Crippen LogP) is 3.70. The van der Waals surface area contributed by atoms with Crippen LogP contribution < -0.4 is 11.1 Å². The Balaban J connectivity index is 2.21. The lowest BCUT2D eigenvalue weighted by Crippen LogP contribution is -2.08. The van der Waals surface area contributed by atoms with Crippen molar-refractivity contribution in [3.63, 3.8) is 0 Å². The number of anilines is 2. The molecule has 1 unspecified atom stereocenters. The highest BCUT2D eigenvalue weighted by Crippen LogP contribution is 2.29. The number of aromatic nitrogens is 1. The summed E-state index contributed by atoms with van der Waals surface area (Å²) in [4.78, 5) is 4.19. The molecule has 0 fully saturated rings. The first kappa shape index (κ1) is 12.8. The van der Waals surface area contributed by atoms with Crippen LogP contribution in [0.3, 0.4) is 0 Å². The molecule has 0 aliphatic heterocycles. The first-order valence-electron chi connectivity index (χ1n) is 5.72. The number of hydrogen-bond acceptors (Lipinski definition) is 4. The molecule has 0 amide bonds. The Labute approximate surface area is 111 Å². The summed E-state index contributed by atoms with van der Waals surface area (Å²) >= 11 is 6.02. The van der Waals surface area contributed by atoms with Gasteiger partial charge in [-0.1, -0.05) is 11.6 Å². The van der Waals surface area contributed by atoms with Crippen LogP contribution in [0.15, 0.2) is 22.7 Å². The van der Waals surface area contributed by atoms with Crippen LogP contribution in [0.4, 0.5) is 11.4 Å². The van der Waals surface area contributed by atoms with Crippen molar-refractivity contribution in [2.24, 2.45) is 0 Å². The van der Waals surface area contributed by atoms with Crippen molar-refractivity contribution in [3.05, 3.63) is 40.6 Å². The van der Waals surface area contributed by atoms with E-state index in [0.717, 1.165) is 17.0 Å². The SMILES string of the molecule is Cc1cnc(C(C)Nc2cc(Cl)c(N)cc2C)o1. The van der Waals surface area contributed by atoms with Crippen molar-refractivity contribution in [1.82, 2.24) is 4.98 Å². The molecule has 1 aromatic carbocycles. The van der Waals surface area contributed by atoms with Crippen LogP contribution in [0.2, 0.25) is 5.02 Å². The summed E-state index contributed by atoms with van der Waals surface area (Å²) in [6.45, 7) is 5.83. The number of hydrogen-bond donors (Lipinski definition) is 2. The van der Waals surface area contributed by atoms with Crippen LogP contribution in [-0.2, 0) is 0 Å². The van der Waals surface area contributed by atoms with Crippen molar-refractivity contribution in [3.8, 4) is 0 Å². The third kappa shape index (κ3) is 2.59. The summed E-state index contributed by atoms with van der Waals surface area (Å²) in [5.74, 6) is 1.45. The van der Waals surface area contributed by atoms with Crippen molar-refractivity contribution in [2.75, 3.05) is 11.1 Å². The van der Waals surface area contributed by atoms with Gasteiger partial charge >= 0.3 is 0 Å². The maximum absolute atomic E-state index is 6.02. The quantitative estimate of drug-likeness (QED) is 0.831. The maximum atomic E-state index is 6.02. The van der Waals surface area contributed by atoms with Crippen molar-refractivity contribution in [2.45, 2.75) is 26.8 Å². The fraction of sp³-hybridized carbons (Fsp3) is 0.308.